The topological polar surface area (TPSA) is 72.4 Å². The summed E-state index contributed by atoms with van der Waals surface area (Å²) >= 11 is 1.60. The molecule has 8 heteroatoms. The van der Waals surface area contributed by atoms with Crippen molar-refractivity contribution in [2.75, 3.05) is 44.0 Å². The molecule has 1 fully saturated rings. The molecule has 1 aliphatic heterocycles. The Hall–Kier alpha value is -1.38. The SMILES string of the molecule is CSc1ncnc2cc(OCCCN3CCS(=O)(=O)CC3)ccc12. The number of hydrogen-bond acceptors (Lipinski definition) is 7. The first-order chi connectivity index (χ1) is 11.6. The Bertz CT molecular complexity index is 797. The third-order valence-electron chi connectivity index (χ3n) is 4.09. The molecule has 0 radical (unpaired) electrons. The van der Waals surface area contributed by atoms with Gasteiger partial charge in [0.1, 0.15) is 17.1 Å². The van der Waals surface area contributed by atoms with Crippen molar-refractivity contribution in [3.05, 3.63) is 24.5 Å². The quantitative estimate of drug-likeness (QED) is 0.438. The third-order valence-corrected chi connectivity index (χ3v) is 6.41. The van der Waals surface area contributed by atoms with Crippen LogP contribution in [0.3, 0.4) is 0 Å². The van der Waals surface area contributed by atoms with Gasteiger partial charge in [-0.25, -0.2) is 18.4 Å². The molecule has 2 aromatic rings. The lowest BCUT2D eigenvalue weighted by Gasteiger charge is -2.26. The van der Waals surface area contributed by atoms with E-state index in [0.717, 1.165) is 34.6 Å². The predicted molar refractivity (Wildman–Crippen MR) is 96.5 cm³/mol. The summed E-state index contributed by atoms with van der Waals surface area (Å²) in [6.45, 7) is 2.73. The molecule has 0 unspecified atom stereocenters. The largest absolute Gasteiger partial charge is 0.493 e. The number of ether oxygens (including phenoxy) is 1. The van der Waals surface area contributed by atoms with E-state index in [1.54, 1.807) is 18.1 Å². The number of benzene rings is 1. The summed E-state index contributed by atoms with van der Waals surface area (Å²) in [4.78, 5) is 10.7. The van der Waals surface area contributed by atoms with Crippen molar-refractivity contribution in [2.24, 2.45) is 0 Å². The lowest BCUT2D eigenvalue weighted by Crippen LogP contribution is -2.40. The van der Waals surface area contributed by atoms with Gasteiger partial charge in [0.05, 0.1) is 23.6 Å². The zero-order valence-corrected chi connectivity index (χ0v) is 15.3. The van der Waals surface area contributed by atoms with Gasteiger partial charge in [0.25, 0.3) is 0 Å². The maximum atomic E-state index is 11.4. The predicted octanol–water partition coefficient (Wildman–Crippen LogP) is 1.85. The molecular formula is C16H21N3O3S2. The van der Waals surface area contributed by atoms with Crippen LogP contribution in [0.5, 0.6) is 5.75 Å². The summed E-state index contributed by atoms with van der Waals surface area (Å²) in [5.74, 6) is 1.35. The molecule has 1 aliphatic rings. The normalized spacial score (nSPS) is 17.9. The molecule has 0 amide bonds. The fourth-order valence-corrected chi connectivity index (χ4v) is 4.54. The highest BCUT2D eigenvalue weighted by Gasteiger charge is 2.20. The standard InChI is InChI=1S/C16H21N3O3S2/c1-23-16-14-4-3-13(11-15(14)17-12-18-16)22-8-2-5-19-6-9-24(20,21)10-7-19/h3-4,11-12H,2,5-10H2,1H3. The monoisotopic (exact) mass is 367 g/mol. The molecule has 0 atom stereocenters. The van der Waals surface area contributed by atoms with Gasteiger partial charge in [-0.1, -0.05) is 0 Å². The molecule has 0 N–H and O–H groups in total. The molecule has 130 valence electrons. The Balaban J connectivity index is 1.49. The van der Waals surface area contributed by atoms with Gasteiger partial charge in [-0.3, -0.25) is 0 Å². The zero-order valence-electron chi connectivity index (χ0n) is 13.6. The second kappa shape index (κ2) is 7.67. The molecule has 1 saturated heterocycles. The van der Waals surface area contributed by atoms with Crippen LogP contribution < -0.4 is 4.74 Å². The third kappa shape index (κ3) is 4.37. The van der Waals surface area contributed by atoms with E-state index < -0.39 is 9.84 Å². The van der Waals surface area contributed by atoms with Gasteiger partial charge in [0.15, 0.2) is 9.84 Å². The molecule has 0 spiro atoms. The average Bonchev–Trinajstić information content (AvgIpc) is 2.59. The summed E-state index contributed by atoms with van der Waals surface area (Å²) in [6.07, 6.45) is 4.44. The molecule has 1 aromatic heterocycles. The van der Waals surface area contributed by atoms with Crippen LogP contribution in [0.15, 0.2) is 29.6 Å². The van der Waals surface area contributed by atoms with Crippen LogP contribution in [-0.2, 0) is 9.84 Å². The summed E-state index contributed by atoms with van der Waals surface area (Å²) in [5, 5.41) is 2.00. The van der Waals surface area contributed by atoms with Gasteiger partial charge in [0, 0.05) is 31.1 Å². The number of rotatable bonds is 6. The highest BCUT2D eigenvalue weighted by molar-refractivity contribution is 7.98. The lowest BCUT2D eigenvalue weighted by atomic mass is 10.2. The van der Waals surface area contributed by atoms with E-state index in [2.05, 4.69) is 14.9 Å². The highest BCUT2D eigenvalue weighted by atomic mass is 32.2. The van der Waals surface area contributed by atoms with Gasteiger partial charge in [-0.05, 0) is 24.8 Å². The number of aromatic nitrogens is 2. The Morgan fingerprint density at radius 1 is 1.25 bits per heavy atom. The van der Waals surface area contributed by atoms with Gasteiger partial charge in [-0.2, -0.15) is 0 Å². The van der Waals surface area contributed by atoms with Crippen molar-refractivity contribution in [3.63, 3.8) is 0 Å². The Morgan fingerprint density at radius 3 is 2.79 bits per heavy atom. The Morgan fingerprint density at radius 2 is 2.04 bits per heavy atom. The van der Waals surface area contributed by atoms with Gasteiger partial charge < -0.3 is 9.64 Å². The van der Waals surface area contributed by atoms with Crippen molar-refractivity contribution >= 4 is 32.5 Å². The Kier molecular flexibility index (Phi) is 5.57. The zero-order chi connectivity index (χ0) is 17.0. The highest BCUT2D eigenvalue weighted by Crippen LogP contribution is 2.25. The molecule has 6 nitrogen and oxygen atoms in total. The minimum atomic E-state index is -2.80. The molecular weight excluding hydrogens is 346 g/mol. The number of fused-ring (bicyclic) bond motifs is 1. The number of thioether (sulfide) groups is 1. The lowest BCUT2D eigenvalue weighted by molar-refractivity contribution is 0.246. The maximum Gasteiger partial charge on any atom is 0.152 e. The molecule has 3 rings (SSSR count). The first kappa shape index (κ1) is 17.4. The van der Waals surface area contributed by atoms with E-state index >= 15 is 0 Å². The van der Waals surface area contributed by atoms with Gasteiger partial charge in [0.2, 0.25) is 0 Å². The van der Waals surface area contributed by atoms with Crippen molar-refractivity contribution < 1.29 is 13.2 Å². The van der Waals surface area contributed by atoms with Gasteiger partial charge >= 0.3 is 0 Å². The average molecular weight is 367 g/mol. The van der Waals surface area contributed by atoms with Crippen molar-refractivity contribution in [1.29, 1.82) is 0 Å². The number of hydrogen-bond donors (Lipinski definition) is 0. The van der Waals surface area contributed by atoms with Crippen molar-refractivity contribution in [1.82, 2.24) is 14.9 Å². The van der Waals surface area contributed by atoms with E-state index in [4.69, 9.17) is 4.74 Å². The molecule has 24 heavy (non-hydrogen) atoms. The second-order valence-electron chi connectivity index (χ2n) is 5.76. The molecule has 0 aliphatic carbocycles. The molecule has 0 saturated carbocycles. The minimum absolute atomic E-state index is 0.274. The van der Waals surface area contributed by atoms with Gasteiger partial charge in [-0.15, -0.1) is 11.8 Å². The fourth-order valence-electron chi connectivity index (χ4n) is 2.72. The van der Waals surface area contributed by atoms with Crippen LogP contribution in [0, 0.1) is 0 Å². The van der Waals surface area contributed by atoms with E-state index in [9.17, 15) is 8.42 Å². The minimum Gasteiger partial charge on any atom is -0.493 e. The van der Waals surface area contributed by atoms with E-state index in [1.165, 1.54) is 0 Å². The molecule has 0 bridgehead atoms. The summed E-state index contributed by atoms with van der Waals surface area (Å²) < 4.78 is 28.6. The van der Waals surface area contributed by atoms with Crippen molar-refractivity contribution in [3.8, 4) is 5.75 Å². The summed E-state index contributed by atoms with van der Waals surface area (Å²) in [7, 11) is -2.80. The van der Waals surface area contributed by atoms with E-state index in [-0.39, 0.29) is 11.5 Å². The molecule has 1 aromatic carbocycles. The van der Waals surface area contributed by atoms with Crippen LogP contribution in [0.2, 0.25) is 0 Å². The first-order valence-electron chi connectivity index (χ1n) is 7.92. The fraction of sp³-hybridized carbons (Fsp3) is 0.500. The van der Waals surface area contributed by atoms with Crippen LogP contribution >= 0.6 is 11.8 Å². The van der Waals surface area contributed by atoms with Crippen LogP contribution in [0.1, 0.15) is 6.42 Å². The van der Waals surface area contributed by atoms with Crippen molar-refractivity contribution in [2.45, 2.75) is 11.4 Å². The second-order valence-corrected chi connectivity index (χ2v) is 8.86. The number of sulfone groups is 1. The summed E-state index contributed by atoms with van der Waals surface area (Å²) in [6, 6.07) is 5.87. The first-order valence-corrected chi connectivity index (χ1v) is 11.0. The maximum absolute atomic E-state index is 11.4. The Labute approximate surface area is 146 Å². The van der Waals surface area contributed by atoms with Crippen LogP contribution in [0.4, 0.5) is 0 Å². The number of nitrogens with zero attached hydrogens (tertiary/aromatic N) is 3. The molecule has 2 heterocycles. The van der Waals surface area contributed by atoms with E-state index in [1.807, 2.05) is 24.5 Å². The smallest absolute Gasteiger partial charge is 0.152 e. The van der Waals surface area contributed by atoms with E-state index in [0.29, 0.717) is 19.7 Å². The van der Waals surface area contributed by atoms with Crippen LogP contribution in [-0.4, -0.2) is 67.3 Å². The summed E-state index contributed by atoms with van der Waals surface area (Å²) in [5.41, 5.74) is 0.882. The van der Waals surface area contributed by atoms with Crippen LogP contribution in [0.25, 0.3) is 10.9 Å².